The van der Waals surface area contributed by atoms with Gasteiger partial charge < -0.3 is 41.2 Å². The van der Waals surface area contributed by atoms with Crippen LogP contribution >= 0.6 is 0 Å². The third-order valence-corrected chi connectivity index (χ3v) is 7.29. The smallest absolute Gasteiger partial charge is 0.251 e. The van der Waals surface area contributed by atoms with Crippen LogP contribution in [-0.4, -0.2) is 77.7 Å². The molecule has 0 saturated carbocycles. The van der Waals surface area contributed by atoms with E-state index in [2.05, 4.69) is 41.5 Å². The summed E-state index contributed by atoms with van der Waals surface area (Å²) in [6, 6.07) is 25.9. The van der Waals surface area contributed by atoms with Crippen molar-refractivity contribution in [3.63, 3.8) is 0 Å². The Hall–Kier alpha value is -6.45. The number of halogens is 1. The second kappa shape index (κ2) is 19.1. The highest BCUT2D eigenvalue weighted by atomic mass is 19.1. The van der Waals surface area contributed by atoms with Crippen molar-refractivity contribution >= 4 is 47.3 Å². The maximum atomic E-state index is 13.2. The van der Waals surface area contributed by atoms with Crippen LogP contribution in [0.5, 0.6) is 5.75 Å². The van der Waals surface area contributed by atoms with Crippen molar-refractivity contribution in [1.82, 2.24) is 25.6 Å². The number of ether oxygens (including phenoxy) is 2. The van der Waals surface area contributed by atoms with Crippen LogP contribution in [0.2, 0.25) is 0 Å². The van der Waals surface area contributed by atoms with E-state index in [1.165, 1.54) is 24.3 Å². The first-order chi connectivity index (χ1) is 25.4. The Morgan fingerprint density at radius 2 is 1.27 bits per heavy atom. The molecule has 0 aliphatic rings. The number of aromatic hydroxyl groups is 1. The largest absolute Gasteiger partial charge is 0.507 e. The monoisotopic (exact) mass is 708 g/mol. The van der Waals surface area contributed by atoms with Crippen LogP contribution < -0.4 is 26.6 Å². The molecule has 14 nitrogen and oxygen atoms in total. The first kappa shape index (κ1) is 36.8. The average Bonchev–Trinajstić information content (AvgIpc) is 3.16. The van der Waals surface area contributed by atoms with E-state index in [1.54, 1.807) is 66.7 Å². The van der Waals surface area contributed by atoms with E-state index in [0.29, 0.717) is 68.3 Å². The molecule has 1 aromatic heterocycles. The average molecular weight is 709 g/mol. The van der Waals surface area contributed by atoms with Gasteiger partial charge in [-0.1, -0.05) is 30.3 Å². The number of carbonyl (C=O) groups is 3. The molecule has 15 heteroatoms. The number of hydrogen-bond acceptors (Lipinski definition) is 12. The predicted molar refractivity (Wildman–Crippen MR) is 193 cm³/mol. The summed E-state index contributed by atoms with van der Waals surface area (Å²) in [6.45, 7) is 2.33. The molecule has 1 heterocycles. The second-order valence-corrected chi connectivity index (χ2v) is 11.1. The summed E-state index contributed by atoms with van der Waals surface area (Å²) < 4.78 is 24.3. The third kappa shape index (κ3) is 11.6. The Kier molecular flexibility index (Phi) is 13.5. The number of hydrogen-bond donors (Lipinski definition) is 6. The number of aromatic nitrogens is 3. The molecule has 5 aromatic rings. The SMILES string of the molecule is O=Cc1cc(Nc2nc(NCCOCCOCCNC(=O)c3ccccc3)nc(Nc3ccc(C(=O)NCc4ccc(F)cc4)cc3)n2)ccc1O. The number of anilines is 5. The first-order valence-corrected chi connectivity index (χ1v) is 16.3. The molecular weight excluding hydrogens is 671 g/mol. The highest BCUT2D eigenvalue weighted by molar-refractivity contribution is 5.95. The minimum atomic E-state index is -0.346. The summed E-state index contributed by atoms with van der Waals surface area (Å²) in [7, 11) is 0. The lowest BCUT2D eigenvalue weighted by Crippen LogP contribution is -2.27. The Labute approximate surface area is 298 Å². The van der Waals surface area contributed by atoms with Crippen molar-refractivity contribution in [2.24, 2.45) is 0 Å². The number of phenols is 1. The van der Waals surface area contributed by atoms with Gasteiger partial charge in [0.1, 0.15) is 11.6 Å². The molecule has 5 rings (SSSR count). The molecule has 52 heavy (non-hydrogen) atoms. The van der Waals surface area contributed by atoms with Crippen molar-refractivity contribution in [2.45, 2.75) is 6.54 Å². The predicted octanol–water partition coefficient (Wildman–Crippen LogP) is 4.82. The zero-order valence-electron chi connectivity index (χ0n) is 28.0. The molecular formula is C37H37FN8O6. The summed E-state index contributed by atoms with van der Waals surface area (Å²) in [5, 5.41) is 24.7. The van der Waals surface area contributed by atoms with Crippen molar-refractivity contribution in [3.05, 3.63) is 125 Å². The molecule has 0 radical (unpaired) electrons. The van der Waals surface area contributed by atoms with E-state index >= 15 is 0 Å². The molecule has 0 saturated heterocycles. The summed E-state index contributed by atoms with van der Waals surface area (Å²) in [5.74, 6) is -0.410. The molecule has 0 aliphatic carbocycles. The summed E-state index contributed by atoms with van der Waals surface area (Å²) in [6.07, 6.45) is 0.537. The topological polar surface area (TPSA) is 189 Å². The van der Waals surface area contributed by atoms with Gasteiger partial charge in [0.25, 0.3) is 11.8 Å². The quantitative estimate of drug-likeness (QED) is 0.0391. The number of benzene rings is 4. The Bertz CT molecular complexity index is 1930. The van der Waals surface area contributed by atoms with Crippen LogP contribution in [0.4, 0.5) is 33.6 Å². The van der Waals surface area contributed by atoms with Crippen LogP contribution in [0.1, 0.15) is 36.6 Å². The standard InChI is InChI=1S/C37H37FN8O6/c38-29-10-6-25(7-11-29)23-41-34(50)27-8-12-30(13-9-27)42-36-44-35(45-37(46-36)43-31-14-15-32(48)28(22-31)24-47)40-17-19-52-21-20-51-18-16-39-33(49)26-4-2-1-3-5-26/h1-15,22,24,48H,16-21,23H2,(H,39,49)(H,41,50)(H3,40,42,43,44,45,46). The maximum Gasteiger partial charge on any atom is 0.251 e. The number of nitrogens with one attached hydrogen (secondary N) is 5. The highest BCUT2D eigenvalue weighted by Gasteiger charge is 2.11. The Morgan fingerprint density at radius 1 is 0.673 bits per heavy atom. The van der Waals surface area contributed by atoms with Crippen LogP contribution in [0.15, 0.2) is 97.1 Å². The van der Waals surface area contributed by atoms with E-state index in [1.807, 2.05) is 6.07 Å². The first-order valence-electron chi connectivity index (χ1n) is 16.3. The fourth-order valence-corrected chi connectivity index (χ4v) is 4.63. The molecule has 0 unspecified atom stereocenters. The van der Waals surface area contributed by atoms with Gasteiger partial charge in [-0.2, -0.15) is 15.0 Å². The molecule has 4 aromatic carbocycles. The van der Waals surface area contributed by atoms with Gasteiger partial charge in [0.05, 0.1) is 32.0 Å². The second-order valence-electron chi connectivity index (χ2n) is 11.1. The van der Waals surface area contributed by atoms with Gasteiger partial charge in [-0.25, -0.2) is 4.39 Å². The molecule has 0 aliphatic heterocycles. The van der Waals surface area contributed by atoms with Crippen LogP contribution in [-0.2, 0) is 16.0 Å². The molecule has 268 valence electrons. The molecule has 2 amide bonds. The molecule has 0 bridgehead atoms. The van der Waals surface area contributed by atoms with Crippen LogP contribution in [0, 0.1) is 5.82 Å². The molecule has 6 N–H and O–H groups in total. The molecule has 0 spiro atoms. The lowest BCUT2D eigenvalue weighted by atomic mass is 10.1. The Balaban J connectivity index is 1.12. The molecule has 0 fully saturated rings. The van der Waals surface area contributed by atoms with Crippen molar-refractivity contribution in [3.8, 4) is 5.75 Å². The third-order valence-electron chi connectivity index (χ3n) is 7.29. The van der Waals surface area contributed by atoms with Gasteiger partial charge in [0, 0.05) is 42.1 Å². The fourth-order valence-electron chi connectivity index (χ4n) is 4.63. The number of phenolic OH excluding ortho intramolecular Hbond substituents is 1. The summed E-state index contributed by atoms with van der Waals surface area (Å²) in [5.41, 5.74) is 2.93. The van der Waals surface area contributed by atoms with E-state index in [0.717, 1.165) is 5.56 Å². The number of nitrogens with zero attached hydrogens (tertiary/aromatic N) is 3. The van der Waals surface area contributed by atoms with E-state index in [4.69, 9.17) is 9.47 Å². The Morgan fingerprint density at radius 3 is 1.96 bits per heavy atom. The highest BCUT2D eigenvalue weighted by Crippen LogP contribution is 2.23. The van der Waals surface area contributed by atoms with E-state index < -0.39 is 0 Å². The number of amides is 2. The van der Waals surface area contributed by atoms with Gasteiger partial charge in [-0.3, -0.25) is 14.4 Å². The number of aldehydes is 1. The van der Waals surface area contributed by atoms with Gasteiger partial charge in [0.2, 0.25) is 17.8 Å². The maximum absolute atomic E-state index is 13.2. The fraction of sp³-hybridized carbons (Fsp3) is 0.189. The summed E-state index contributed by atoms with van der Waals surface area (Å²) in [4.78, 5) is 49.4. The van der Waals surface area contributed by atoms with E-state index in [-0.39, 0.29) is 53.3 Å². The lowest BCUT2D eigenvalue weighted by Gasteiger charge is -2.12. The lowest BCUT2D eigenvalue weighted by molar-refractivity contribution is 0.0519. The van der Waals surface area contributed by atoms with Gasteiger partial charge in [-0.15, -0.1) is 0 Å². The van der Waals surface area contributed by atoms with Crippen LogP contribution in [0.3, 0.4) is 0 Å². The number of carbonyl (C=O) groups excluding carboxylic acids is 3. The van der Waals surface area contributed by atoms with Crippen molar-refractivity contribution in [1.29, 1.82) is 0 Å². The zero-order valence-corrected chi connectivity index (χ0v) is 28.0. The van der Waals surface area contributed by atoms with Crippen molar-refractivity contribution < 1.29 is 33.4 Å². The van der Waals surface area contributed by atoms with E-state index in [9.17, 15) is 23.9 Å². The van der Waals surface area contributed by atoms with Gasteiger partial charge in [0.15, 0.2) is 6.29 Å². The van der Waals surface area contributed by atoms with Crippen LogP contribution in [0.25, 0.3) is 0 Å². The minimum absolute atomic E-state index is 0.0932. The molecule has 0 atom stereocenters. The zero-order chi connectivity index (χ0) is 36.5. The number of rotatable bonds is 19. The normalized spacial score (nSPS) is 10.6. The minimum Gasteiger partial charge on any atom is -0.507 e. The summed E-state index contributed by atoms with van der Waals surface area (Å²) >= 11 is 0. The van der Waals surface area contributed by atoms with Gasteiger partial charge in [-0.05, 0) is 72.3 Å². The van der Waals surface area contributed by atoms with Gasteiger partial charge >= 0.3 is 0 Å². The van der Waals surface area contributed by atoms with Crippen molar-refractivity contribution in [2.75, 3.05) is 55.5 Å².